The highest BCUT2D eigenvalue weighted by Crippen LogP contribution is 2.39. The first-order valence-corrected chi connectivity index (χ1v) is 9.67. The molecule has 0 unspecified atom stereocenters. The zero-order valence-electron chi connectivity index (χ0n) is 15.3. The molecule has 0 spiro atoms. The maximum absolute atomic E-state index is 13.4. The molecule has 0 aliphatic carbocycles. The number of rotatable bonds is 3. The van der Waals surface area contributed by atoms with Crippen molar-refractivity contribution >= 4 is 28.5 Å². The van der Waals surface area contributed by atoms with Crippen LogP contribution in [0, 0.1) is 0 Å². The highest BCUT2D eigenvalue weighted by Gasteiger charge is 2.42. The number of hydrogen-bond acceptors (Lipinski definition) is 3. The molecular weight excluding hydrogens is 386 g/mol. The molecule has 1 atom stereocenters. The second-order valence-corrected chi connectivity index (χ2v) is 7.48. The van der Waals surface area contributed by atoms with Crippen LogP contribution in [0.2, 0.25) is 5.02 Å². The molecule has 0 radical (unpaired) electrons. The van der Waals surface area contributed by atoms with Crippen molar-refractivity contribution in [1.29, 1.82) is 0 Å². The average Bonchev–Trinajstić information content (AvgIpc) is 3.01. The number of fused-ring (bicyclic) bond motifs is 2. The van der Waals surface area contributed by atoms with Crippen LogP contribution >= 0.6 is 11.6 Å². The predicted molar refractivity (Wildman–Crippen MR) is 112 cm³/mol. The van der Waals surface area contributed by atoms with Gasteiger partial charge in [-0.1, -0.05) is 66.2 Å². The molecule has 0 fully saturated rings. The van der Waals surface area contributed by atoms with Crippen LogP contribution in [0.25, 0.3) is 11.0 Å². The Bertz CT molecular complexity index is 1300. The van der Waals surface area contributed by atoms with Crippen LogP contribution < -0.4 is 5.43 Å². The van der Waals surface area contributed by atoms with E-state index in [1.54, 1.807) is 41.3 Å². The van der Waals surface area contributed by atoms with Crippen molar-refractivity contribution in [3.05, 3.63) is 117 Å². The highest BCUT2D eigenvalue weighted by molar-refractivity contribution is 6.30. The molecular formula is C24H16ClNO3. The molecule has 3 aromatic carbocycles. The van der Waals surface area contributed by atoms with E-state index in [1.807, 2.05) is 42.5 Å². The molecule has 0 N–H and O–H groups in total. The molecule has 1 aliphatic rings. The predicted octanol–water partition coefficient (Wildman–Crippen LogP) is 5.19. The van der Waals surface area contributed by atoms with Gasteiger partial charge in [-0.25, -0.2) is 0 Å². The van der Waals surface area contributed by atoms with E-state index in [0.29, 0.717) is 28.1 Å². The van der Waals surface area contributed by atoms with E-state index >= 15 is 0 Å². The van der Waals surface area contributed by atoms with E-state index < -0.39 is 6.04 Å². The Hall–Kier alpha value is -3.37. The Morgan fingerprint density at radius 2 is 1.66 bits per heavy atom. The van der Waals surface area contributed by atoms with E-state index in [1.165, 1.54) is 0 Å². The van der Waals surface area contributed by atoms with E-state index in [4.69, 9.17) is 16.0 Å². The molecule has 0 saturated heterocycles. The number of carbonyl (C=O) groups is 1. The molecule has 4 nitrogen and oxygen atoms in total. The fraction of sp³-hybridized carbons (Fsp3) is 0.0833. The SMILES string of the molecule is O=C1c2oc3ccccc3c(=O)c2[C@@H](c2cccc(Cl)c2)N1Cc1ccccc1. The summed E-state index contributed by atoms with van der Waals surface area (Å²) in [6.07, 6.45) is 0. The molecule has 5 rings (SSSR count). The van der Waals surface area contributed by atoms with Crippen LogP contribution in [0.4, 0.5) is 0 Å². The smallest absolute Gasteiger partial charge is 0.291 e. The van der Waals surface area contributed by atoms with Gasteiger partial charge >= 0.3 is 0 Å². The van der Waals surface area contributed by atoms with Gasteiger partial charge in [0.2, 0.25) is 5.76 Å². The Kier molecular flexibility index (Phi) is 4.22. The van der Waals surface area contributed by atoms with E-state index in [2.05, 4.69) is 0 Å². The summed E-state index contributed by atoms with van der Waals surface area (Å²) in [5, 5.41) is 1.01. The van der Waals surface area contributed by atoms with Crippen molar-refractivity contribution in [2.45, 2.75) is 12.6 Å². The summed E-state index contributed by atoms with van der Waals surface area (Å²) in [5.74, 6) is -0.189. The van der Waals surface area contributed by atoms with Gasteiger partial charge in [0.15, 0.2) is 5.43 Å². The van der Waals surface area contributed by atoms with Crippen LogP contribution in [-0.2, 0) is 6.54 Å². The minimum Gasteiger partial charge on any atom is -0.450 e. The number of halogens is 1. The van der Waals surface area contributed by atoms with Crippen LogP contribution in [0.15, 0.2) is 88.1 Å². The summed E-state index contributed by atoms with van der Waals surface area (Å²) in [4.78, 5) is 28.4. The quantitative estimate of drug-likeness (QED) is 0.474. The maximum atomic E-state index is 13.4. The first kappa shape index (κ1) is 17.7. The first-order valence-electron chi connectivity index (χ1n) is 9.29. The van der Waals surface area contributed by atoms with Gasteiger partial charge in [0.25, 0.3) is 5.91 Å². The normalized spacial score (nSPS) is 15.7. The van der Waals surface area contributed by atoms with Crippen LogP contribution in [0.1, 0.15) is 33.3 Å². The van der Waals surface area contributed by atoms with Crippen molar-refractivity contribution in [3.63, 3.8) is 0 Å². The topological polar surface area (TPSA) is 50.5 Å². The second kappa shape index (κ2) is 6.90. The fourth-order valence-electron chi connectivity index (χ4n) is 3.93. The van der Waals surface area contributed by atoms with Crippen molar-refractivity contribution in [1.82, 2.24) is 4.90 Å². The molecule has 5 heteroatoms. The number of hydrogen-bond donors (Lipinski definition) is 0. The summed E-state index contributed by atoms with van der Waals surface area (Å²) in [5.41, 5.74) is 2.35. The lowest BCUT2D eigenvalue weighted by molar-refractivity contribution is 0.0714. The van der Waals surface area contributed by atoms with E-state index in [0.717, 1.165) is 11.1 Å². The highest BCUT2D eigenvalue weighted by atomic mass is 35.5. The van der Waals surface area contributed by atoms with Gasteiger partial charge in [-0.3, -0.25) is 9.59 Å². The van der Waals surface area contributed by atoms with Crippen molar-refractivity contribution < 1.29 is 9.21 Å². The number of amides is 1. The Balaban J connectivity index is 1.74. The molecule has 142 valence electrons. The number of carbonyl (C=O) groups excluding carboxylic acids is 1. The van der Waals surface area contributed by atoms with Gasteiger partial charge in [-0.15, -0.1) is 0 Å². The largest absolute Gasteiger partial charge is 0.450 e. The van der Waals surface area contributed by atoms with Crippen LogP contribution in [-0.4, -0.2) is 10.8 Å². The number of para-hydroxylation sites is 1. The Labute approximate surface area is 172 Å². The van der Waals surface area contributed by atoms with E-state index in [9.17, 15) is 9.59 Å². The third kappa shape index (κ3) is 2.93. The van der Waals surface area contributed by atoms with Gasteiger partial charge in [-0.05, 0) is 35.4 Å². The lowest BCUT2D eigenvalue weighted by atomic mass is 9.98. The maximum Gasteiger partial charge on any atom is 0.291 e. The molecule has 29 heavy (non-hydrogen) atoms. The molecule has 1 aromatic heterocycles. The van der Waals surface area contributed by atoms with Crippen molar-refractivity contribution in [3.8, 4) is 0 Å². The summed E-state index contributed by atoms with van der Waals surface area (Å²) in [6, 6.07) is 23.4. The first-order chi connectivity index (χ1) is 14.1. The fourth-order valence-corrected chi connectivity index (χ4v) is 4.13. The van der Waals surface area contributed by atoms with Gasteiger partial charge in [0, 0.05) is 11.6 Å². The second-order valence-electron chi connectivity index (χ2n) is 7.05. The molecule has 0 bridgehead atoms. The minimum atomic E-state index is -0.558. The zero-order chi connectivity index (χ0) is 20.0. The third-order valence-corrected chi connectivity index (χ3v) is 5.47. The van der Waals surface area contributed by atoms with E-state index in [-0.39, 0.29) is 17.1 Å². The molecule has 1 amide bonds. The summed E-state index contributed by atoms with van der Waals surface area (Å²) < 4.78 is 5.92. The van der Waals surface area contributed by atoms with Gasteiger partial charge in [0.1, 0.15) is 5.58 Å². The third-order valence-electron chi connectivity index (χ3n) is 5.23. The Morgan fingerprint density at radius 1 is 0.897 bits per heavy atom. The molecule has 1 aliphatic heterocycles. The molecule has 4 aromatic rings. The van der Waals surface area contributed by atoms with Crippen LogP contribution in [0.5, 0.6) is 0 Å². The lowest BCUT2D eigenvalue weighted by Gasteiger charge is -2.25. The molecule has 2 heterocycles. The summed E-state index contributed by atoms with van der Waals surface area (Å²) >= 11 is 6.22. The monoisotopic (exact) mass is 401 g/mol. The van der Waals surface area contributed by atoms with Gasteiger partial charge < -0.3 is 9.32 Å². The lowest BCUT2D eigenvalue weighted by Crippen LogP contribution is -2.29. The Morgan fingerprint density at radius 3 is 2.45 bits per heavy atom. The van der Waals surface area contributed by atoms with Crippen molar-refractivity contribution in [2.24, 2.45) is 0 Å². The standard InChI is InChI=1S/C24H16ClNO3/c25-17-10-6-9-16(13-17)21-20-22(27)18-11-4-5-12-19(18)29-23(20)24(28)26(21)14-15-7-2-1-3-8-15/h1-13,21H,14H2/t21-/m1/s1. The van der Waals surface area contributed by atoms with Gasteiger partial charge in [0.05, 0.1) is 17.0 Å². The average molecular weight is 402 g/mol. The minimum absolute atomic E-state index is 0.106. The van der Waals surface area contributed by atoms with Gasteiger partial charge in [-0.2, -0.15) is 0 Å². The number of nitrogens with zero attached hydrogens (tertiary/aromatic N) is 1. The summed E-state index contributed by atoms with van der Waals surface area (Å²) in [7, 11) is 0. The number of benzene rings is 3. The summed E-state index contributed by atoms with van der Waals surface area (Å²) in [6.45, 7) is 0.358. The molecule has 0 saturated carbocycles. The van der Waals surface area contributed by atoms with Crippen LogP contribution in [0.3, 0.4) is 0 Å². The van der Waals surface area contributed by atoms with Crippen molar-refractivity contribution in [2.75, 3.05) is 0 Å². The zero-order valence-corrected chi connectivity index (χ0v) is 16.1.